The number of ether oxygens (including phenoxy) is 1. The molecule has 1 atom stereocenters. The summed E-state index contributed by atoms with van der Waals surface area (Å²) in [5, 5.41) is 6.44. The monoisotopic (exact) mass is 536 g/mol. The first-order valence-corrected chi connectivity index (χ1v) is 14.5. The first-order valence-electron chi connectivity index (χ1n) is 12.7. The van der Waals surface area contributed by atoms with Gasteiger partial charge in [0.2, 0.25) is 11.8 Å². The molecule has 1 heterocycles. The van der Waals surface area contributed by atoms with Crippen molar-refractivity contribution in [3.63, 3.8) is 0 Å². The van der Waals surface area contributed by atoms with E-state index in [2.05, 4.69) is 34.9 Å². The van der Waals surface area contributed by atoms with Crippen molar-refractivity contribution >= 4 is 51.6 Å². The van der Waals surface area contributed by atoms with E-state index in [4.69, 9.17) is 4.74 Å². The topological polar surface area (TPSA) is 84.5 Å². The van der Waals surface area contributed by atoms with Crippen molar-refractivity contribution in [2.24, 2.45) is 0 Å². The molecule has 0 aliphatic heterocycles. The highest BCUT2D eigenvalue weighted by atomic mass is 32.2. The van der Waals surface area contributed by atoms with Crippen LogP contribution in [0.15, 0.2) is 59.5 Å². The highest BCUT2D eigenvalue weighted by Gasteiger charge is 2.30. The van der Waals surface area contributed by atoms with Gasteiger partial charge in [-0.15, -0.1) is 23.1 Å². The maximum atomic E-state index is 12.9. The molecule has 2 N–H and O–H groups in total. The van der Waals surface area contributed by atoms with Crippen LogP contribution in [0, 0.1) is 0 Å². The number of hydrogen-bond acceptors (Lipinski definition) is 6. The van der Waals surface area contributed by atoms with E-state index in [1.807, 2.05) is 37.3 Å². The molecule has 0 spiro atoms. The molecule has 3 aromatic rings. The summed E-state index contributed by atoms with van der Waals surface area (Å²) in [6.07, 6.45) is 3.83. The number of benzene rings is 2. The molecule has 2 amide bonds. The van der Waals surface area contributed by atoms with Crippen LogP contribution in [0.2, 0.25) is 0 Å². The summed E-state index contributed by atoms with van der Waals surface area (Å²) in [6.45, 7) is 4.03. The van der Waals surface area contributed by atoms with Gasteiger partial charge in [0.05, 0.1) is 17.9 Å². The second-order valence-electron chi connectivity index (χ2n) is 8.94. The highest BCUT2D eigenvalue weighted by Crippen LogP contribution is 2.43. The summed E-state index contributed by atoms with van der Waals surface area (Å²) in [5.41, 5.74) is 3.53. The van der Waals surface area contributed by atoms with Crippen LogP contribution in [0.1, 0.15) is 65.4 Å². The molecule has 0 saturated carbocycles. The van der Waals surface area contributed by atoms with Crippen molar-refractivity contribution in [2.75, 3.05) is 23.0 Å². The molecule has 0 radical (unpaired) electrons. The average molecular weight is 537 g/mol. The van der Waals surface area contributed by atoms with E-state index in [9.17, 15) is 14.4 Å². The zero-order valence-corrected chi connectivity index (χ0v) is 22.8. The first kappa shape index (κ1) is 26.9. The Bertz CT molecular complexity index is 1260. The summed E-state index contributed by atoms with van der Waals surface area (Å²) in [5.74, 6) is -0.00781. The zero-order chi connectivity index (χ0) is 26.2. The Morgan fingerprint density at radius 3 is 2.59 bits per heavy atom. The number of rotatable bonds is 10. The zero-order valence-electron chi connectivity index (χ0n) is 21.2. The molecule has 6 nitrogen and oxygen atoms in total. The number of carbonyl (C=O) groups excluding carboxylic acids is 3. The molecule has 1 aliphatic rings. The third kappa shape index (κ3) is 7.02. The lowest BCUT2D eigenvalue weighted by Gasteiger charge is -2.23. The van der Waals surface area contributed by atoms with Gasteiger partial charge >= 0.3 is 5.97 Å². The van der Waals surface area contributed by atoms with Gasteiger partial charge in [-0.2, -0.15) is 0 Å². The lowest BCUT2D eigenvalue weighted by molar-refractivity contribution is -0.116. The quantitative estimate of drug-likeness (QED) is 0.223. The molecule has 1 aliphatic carbocycles. The summed E-state index contributed by atoms with van der Waals surface area (Å²) >= 11 is 2.87. The molecule has 4 rings (SSSR count). The van der Waals surface area contributed by atoms with Crippen molar-refractivity contribution in [3.8, 4) is 0 Å². The number of nitrogens with one attached hydrogen (secondary N) is 2. The van der Waals surface area contributed by atoms with Crippen LogP contribution in [-0.4, -0.2) is 30.1 Å². The van der Waals surface area contributed by atoms with Crippen LogP contribution in [-0.2, 0) is 27.2 Å². The minimum Gasteiger partial charge on any atom is -0.462 e. The number of carbonyl (C=O) groups is 3. The average Bonchev–Trinajstić information content (AvgIpc) is 3.25. The van der Waals surface area contributed by atoms with Crippen molar-refractivity contribution < 1.29 is 19.1 Å². The van der Waals surface area contributed by atoms with Gasteiger partial charge in [-0.1, -0.05) is 43.3 Å². The number of hydrogen-bond donors (Lipinski definition) is 2. The number of thiophene rings is 1. The van der Waals surface area contributed by atoms with Crippen molar-refractivity contribution in [1.29, 1.82) is 0 Å². The van der Waals surface area contributed by atoms with Crippen LogP contribution in [0.5, 0.6) is 0 Å². The van der Waals surface area contributed by atoms with Crippen molar-refractivity contribution in [1.82, 2.24) is 0 Å². The smallest absolute Gasteiger partial charge is 0.341 e. The van der Waals surface area contributed by atoms with Crippen LogP contribution in [0.3, 0.4) is 0 Å². The molecule has 0 bridgehead atoms. The second kappa shape index (κ2) is 12.9. The SMILES string of the molecule is CCCC(=O)Nc1cccc(SCC(=O)Nc2sc3c(c2C(=O)OCC)CCC(c2ccccc2)C3)c1. The Balaban J connectivity index is 1.45. The van der Waals surface area contributed by atoms with Gasteiger partial charge in [0.1, 0.15) is 5.00 Å². The van der Waals surface area contributed by atoms with Gasteiger partial charge < -0.3 is 15.4 Å². The van der Waals surface area contributed by atoms with Crippen molar-refractivity contribution in [2.45, 2.75) is 56.8 Å². The molecule has 194 valence electrons. The summed E-state index contributed by atoms with van der Waals surface area (Å²) in [4.78, 5) is 39.7. The Kier molecular flexibility index (Phi) is 9.41. The summed E-state index contributed by atoms with van der Waals surface area (Å²) in [6, 6.07) is 17.9. The fraction of sp³-hybridized carbons (Fsp3) is 0.345. The lowest BCUT2D eigenvalue weighted by Crippen LogP contribution is -2.18. The van der Waals surface area contributed by atoms with Crippen LogP contribution >= 0.6 is 23.1 Å². The minimum atomic E-state index is -0.378. The van der Waals surface area contributed by atoms with Crippen LogP contribution in [0.4, 0.5) is 10.7 Å². The molecule has 0 saturated heterocycles. The fourth-order valence-corrected chi connectivity index (χ4v) is 6.62. The fourth-order valence-electron chi connectivity index (χ4n) is 4.53. The first-order chi connectivity index (χ1) is 18.0. The van der Waals surface area contributed by atoms with Crippen molar-refractivity contribution in [3.05, 3.63) is 76.2 Å². The van der Waals surface area contributed by atoms with Gasteiger partial charge in [-0.05, 0) is 67.9 Å². The van der Waals surface area contributed by atoms with Crippen LogP contribution in [0.25, 0.3) is 0 Å². The number of esters is 1. The van der Waals surface area contributed by atoms with E-state index < -0.39 is 0 Å². The van der Waals surface area contributed by atoms with Gasteiger partial charge in [0.25, 0.3) is 0 Å². The predicted octanol–water partition coefficient (Wildman–Crippen LogP) is 6.67. The van der Waals surface area contributed by atoms with Gasteiger partial charge in [-0.3, -0.25) is 9.59 Å². The van der Waals surface area contributed by atoms with E-state index in [0.717, 1.165) is 41.0 Å². The Labute approximate surface area is 226 Å². The van der Waals surface area contributed by atoms with Gasteiger partial charge in [0, 0.05) is 21.9 Å². The molecule has 8 heteroatoms. The molecule has 0 fully saturated rings. The van der Waals surface area contributed by atoms with E-state index in [1.54, 1.807) is 6.92 Å². The Morgan fingerprint density at radius 2 is 1.84 bits per heavy atom. The molecular weight excluding hydrogens is 504 g/mol. The lowest BCUT2D eigenvalue weighted by atomic mass is 9.83. The van der Waals surface area contributed by atoms with Gasteiger partial charge in [0.15, 0.2) is 0 Å². The summed E-state index contributed by atoms with van der Waals surface area (Å²) < 4.78 is 5.35. The third-order valence-electron chi connectivity index (χ3n) is 6.23. The standard InChI is InChI=1S/C29H32N2O4S2/c1-3-9-25(32)30-21-12-8-13-22(17-21)36-18-26(33)31-28-27(29(34)35-4-2)23-15-14-20(16-24(23)37-28)19-10-6-5-7-11-19/h5-8,10-13,17,20H,3-4,9,14-16,18H2,1-2H3,(H,30,32)(H,31,33). The molecule has 1 unspecified atom stereocenters. The Hall–Kier alpha value is -3.10. The van der Waals surface area contributed by atoms with E-state index in [0.29, 0.717) is 28.6 Å². The van der Waals surface area contributed by atoms with E-state index in [-0.39, 0.29) is 30.1 Å². The number of amides is 2. The Morgan fingerprint density at radius 1 is 1.03 bits per heavy atom. The van der Waals surface area contributed by atoms with E-state index in [1.165, 1.54) is 28.7 Å². The molecular formula is C29H32N2O4S2. The van der Waals surface area contributed by atoms with Gasteiger partial charge in [-0.25, -0.2) is 4.79 Å². The highest BCUT2D eigenvalue weighted by molar-refractivity contribution is 8.00. The van der Waals surface area contributed by atoms with Crippen LogP contribution < -0.4 is 10.6 Å². The molecule has 2 aromatic carbocycles. The predicted molar refractivity (Wildman–Crippen MR) is 151 cm³/mol. The second-order valence-corrected chi connectivity index (χ2v) is 11.1. The maximum Gasteiger partial charge on any atom is 0.341 e. The molecule has 37 heavy (non-hydrogen) atoms. The van der Waals surface area contributed by atoms with E-state index >= 15 is 0 Å². The largest absolute Gasteiger partial charge is 0.462 e. The molecule has 1 aromatic heterocycles. The summed E-state index contributed by atoms with van der Waals surface area (Å²) in [7, 11) is 0. The minimum absolute atomic E-state index is 0.0231. The number of anilines is 2. The third-order valence-corrected chi connectivity index (χ3v) is 8.40. The number of fused-ring (bicyclic) bond motifs is 1. The number of thioether (sulfide) groups is 1. The maximum absolute atomic E-state index is 12.9. The normalized spacial score (nSPS) is 14.5.